The SMILES string of the molecule is COc1cc(C2C(C#N)=C(N)OC3NNC(c4ccc(F)cc4)C32)c(OC)c2c1OCO2. The first kappa shape index (κ1) is 20.2. The van der Waals surface area contributed by atoms with Gasteiger partial charge in [0.05, 0.1) is 25.8 Å². The first-order valence-corrected chi connectivity index (χ1v) is 9.94. The lowest BCUT2D eigenvalue weighted by Gasteiger charge is -2.36. The maximum Gasteiger partial charge on any atom is 0.231 e. The van der Waals surface area contributed by atoms with E-state index >= 15 is 0 Å². The fourth-order valence-corrected chi connectivity index (χ4v) is 4.65. The topological polar surface area (TPSA) is 120 Å². The maximum atomic E-state index is 13.5. The van der Waals surface area contributed by atoms with Gasteiger partial charge in [-0.25, -0.2) is 15.2 Å². The molecule has 5 rings (SSSR count). The lowest BCUT2D eigenvalue weighted by Crippen LogP contribution is -2.41. The predicted octanol–water partition coefficient (Wildman–Crippen LogP) is 2.17. The highest BCUT2D eigenvalue weighted by atomic mass is 19.1. The third-order valence-corrected chi connectivity index (χ3v) is 6.03. The Bertz CT molecular complexity index is 1130. The number of fused-ring (bicyclic) bond motifs is 2. The van der Waals surface area contributed by atoms with Crippen LogP contribution < -0.4 is 35.5 Å². The van der Waals surface area contributed by atoms with Gasteiger partial charge in [-0.15, -0.1) is 0 Å². The first-order chi connectivity index (χ1) is 15.6. The molecule has 10 heteroatoms. The van der Waals surface area contributed by atoms with Crippen LogP contribution in [0, 0.1) is 23.1 Å². The summed E-state index contributed by atoms with van der Waals surface area (Å²) in [6.45, 7) is 0.0236. The zero-order valence-corrected chi connectivity index (χ0v) is 17.3. The van der Waals surface area contributed by atoms with Crippen LogP contribution in [0.25, 0.3) is 0 Å². The summed E-state index contributed by atoms with van der Waals surface area (Å²) in [4.78, 5) is 0. The Balaban J connectivity index is 1.70. The number of nitrogens with one attached hydrogen (secondary N) is 2. The molecule has 0 radical (unpaired) electrons. The highest BCUT2D eigenvalue weighted by Gasteiger charge is 2.50. The molecule has 4 atom stereocenters. The number of hydrogen-bond donors (Lipinski definition) is 3. The molecule has 9 nitrogen and oxygen atoms in total. The van der Waals surface area contributed by atoms with Gasteiger partial charge in [-0.2, -0.15) is 5.26 Å². The molecule has 0 bridgehead atoms. The van der Waals surface area contributed by atoms with Crippen LogP contribution in [0.15, 0.2) is 41.8 Å². The van der Waals surface area contributed by atoms with E-state index in [2.05, 4.69) is 16.9 Å². The van der Waals surface area contributed by atoms with Gasteiger partial charge < -0.3 is 29.4 Å². The van der Waals surface area contributed by atoms with E-state index in [0.29, 0.717) is 28.6 Å². The van der Waals surface area contributed by atoms with Crippen LogP contribution in [0.3, 0.4) is 0 Å². The maximum absolute atomic E-state index is 13.5. The summed E-state index contributed by atoms with van der Waals surface area (Å²) < 4.78 is 41.8. The summed E-state index contributed by atoms with van der Waals surface area (Å²) in [5.74, 6) is 0.515. The number of rotatable bonds is 4. The molecule has 1 saturated heterocycles. The van der Waals surface area contributed by atoms with Gasteiger partial charge in [0.15, 0.2) is 17.7 Å². The average molecular weight is 440 g/mol. The highest BCUT2D eigenvalue weighted by Crippen LogP contribution is 2.56. The molecule has 3 aliphatic heterocycles. The van der Waals surface area contributed by atoms with Gasteiger partial charge in [0, 0.05) is 17.4 Å². The monoisotopic (exact) mass is 440 g/mol. The van der Waals surface area contributed by atoms with E-state index in [-0.39, 0.29) is 36.0 Å². The van der Waals surface area contributed by atoms with Gasteiger partial charge in [-0.1, -0.05) is 12.1 Å². The van der Waals surface area contributed by atoms with Crippen LogP contribution in [0.4, 0.5) is 4.39 Å². The van der Waals surface area contributed by atoms with Crippen LogP contribution >= 0.6 is 0 Å². The fourth-order valence-electron chi connectivity index (χ4n) is 4.65. The number of halogens is 1. The molecule has 3 aliphatic rings. The molecule has 4 unspecified atom stereocenters. The minimum Gasteiger partial charge on any atom is -0.493 e. The minimum atomic E-state index is -0.548. The third kappa shape index (κ3) is 2.97. The molecule has 32 heavy (non-hydrogen) atoms. The summed E-state index contributed by atoms with van der Waals surface area (Å²) in [7, 11) is 3.04. The molecule has 3 heterocycles. The van der Waals surface area contributed by atoms with Crippen LogP contribution in [0.2, 0.25) is 0 Å². The Labute approximate surface area is 183 Å². The number of hydrogen-bond acceptors (Lipinski definition) is 9. The number of nitrogens with two attached hydrogens (primary N) is 1. The minimum absolute atomic E-state index is 0.0199. The summed E-state index contributed by atoms with van der Waals surface area (Å²) in [6, 6.07) is 9.82. The lowest BCUT2D eigenvalue weighted by atomic mass is 9.73. The summed E-state index contributed by atoms with van der Waals surface area (Å²) in [6.07, 6.45) is -0.548. The molecule has 0 amide bonds. The second kappa shape index (κ2) is 7.78. The van der Waals surface area contributed by atoms with E-state index in [1.54, 1.807) is 18.2 Å². The molecule has 0 aliphatic carbocycles. The predicted molar refractivity (Wildman–Crippen MR) is 109 cm³/mol. The van der Waals surface area contributed by atoms with Gasteiger partial charge >= 0.3 is 0 Å². The number of benzene rings is 2. The summed E-state index contributed by atoms with van der Waals surface area (Å²) in [5.41, 5.74) is 14.2. The molecule has 0 saturated carbocycles. The third-order valence-electron chi connectivity index (χ3n) is 6.03. The standard InChI is InChI=1S/C22H21FN4O5/c1-28-14-7-12(18(29-2)20-19(14)30-9-31-20)15-13(8-24)21(25)32-22-16(15)17(26-27-22)10-3-5-11(23)6-4-10/h3-7,15-17,22,26-27H,9,25H2,1-2H3. The van der Waals surface area contributed by atoms with Gasteiger partial charge in [-0.3, -0.25) is 0 Å². The van der Waals surface area contributed by atoms with Crippen molar-refractivity contribution in [3.63, 3.8) is 0 Å². The van der Waals surface area contributed by atoms with Crippen molar-refractivity contribution in [2.24, 2.45) is 11.7 Å². The molecule has 2 aromatic carbocycles. The van der Waals surface area contributed by atoms with Gasteiger partial charge in [-0.05, 0) is 23.8 Å². The van der Waals surface area contributed by atoms with Crippen molar-refractivity contribution in [2.45, 2.75) is 18.2 Å². The average Bonchev–Trinajstić information content (AvgIpc) is 3.45. The number of allylic oxidation sites excluding steroid dienone is 1. The van der Waals surface area contributed by atoms with Crippen molar-refractivity contribution in [2.75, 3.05) is 21.0 Å². The van der Waals surface area contributed by atoms with E-state index in [4.69, 9.17) is 29.4 Å². The van der Waals surface area contributed by atoms with Crippen molar-refractivity contribution < 1.29 is 28.1 Å². The van der Waals surface area contributed by atoms with Gasteiger partial charge in [0.2, 0.25) is 24.2 Å². The second-order valence-electron chi connectivity index (χ2n) is 7.57. The van der Waals surface area contributed by atoms with Crippen molar-refractivity contribution in [1.29, 1.82) is 5.26 Å². The Morgan fingerprint density at radius 1 is 1.12 bits per heavy atom. The fraction of sp³-hybridized carbons (Fsp3) is 0.318. The Kier molecular flexibility index (Phi) is 4.92. The summed E-state index contributed by atoms with van der Waals surface area (Å²) in [5, 5.41) is 10.0. The lowest BCUT2D eigenvalue weighted by molar-refractivity contribution is 0.0337. The van der Waals surface area contributed by atoms with Crippen LogP contribution in [0.1, 0.15) is 23.1 Å². The van der Waals surface area contributed by atoms with E-state index in [9.17, 15) is 9.65 Å². The molecule has 1 fully saturated rings. The van der Waals surface area contributed by atoms with E-state index < -0.39 is 12.1 Å². The van der Waals surface area contributed by atoms with Crippen LogP contribution in [-0.2, 0) is 4.74 Å². The van der Waals surface area contributed by atoms with Crippen molar-refractivity contribution in [3.8, 4) is 29.1 Å². The largest absolute Gasteiger partial charge is 0.493 e. The number of nitrogens with zero attached hydrogens (tertiary/aromatic N) is 1. The number of nitriles is 1. The van der Waals surface area contributed by atoms with E-state index in [1.807, 2.05) is 0 Å². The second-order valence-corrected chi connectivity index (χ2v) is 7.57. The smallest absolute Gasteiger partial charge is 0.231 e. The van der Waals surface area contributed by atoms with Crippen molar-refractivity contribution in [3.05, 3.63) is 58.7 Å². The number of hydrazine groups is 1. The quantitative estimate of drug-likeness (QED) is 0.657. The first-order valence-electron chi connectivity index (χ1n) is 9.94. The van der Waals surface area contributed by atoms with Gasteiger partial charge in [0.25, 0.3) is 0 Å². The Hall–Kier alpha value is -3.68. The van der Waals surface area contributed by atoms with Crippen LogP contribution in [0.5, 0.6) is 23.0 Å². The highest BCUT2D eigenvalue weighted by molar-refractivity contribution is 5.66. The van der Waals surface area contributed by atoms with Crippen molar-refractivity contribution >= 4 is 0 Å². The van der Waals surface area contributed by atoms with Crippen molar-refractivity contribution in [1.82, 2.24) is 10.9 Å². The molecule has 0 spiro atoms. The van der Waals surface area contributed by atoms with E-state index in [0.717, 1.165) is 5.56 Å². The molecule has 166 valence electrons. The zero-order valence-electron chi connectivity index (χ0n) is 17.3. The zero-order chi connectivity index (χ0) is 22.4. The van der Waals surface area contributed by atoms with Gasteiger partial charge in [0.1, 0.15) is 11.9 Å². The molecular formula is C22H21FN4O5. The molecule has 0 aromatic heterocycles. The van der Waals surface area contributed by atoms with E-state index in [1.165, 1.54) is 26.4 Å². The number of ether oxygens (including phenoxy) is 5. The molecule has 4 N–H and O–H groups in total. The van der Waals surface area contributed by atoms with Crippen LogP contribution in [-0.4, -0.2) is 27.2 Å². The normalized spacial score (nSPS) is 25.7. The summed E-state index contributed by atoms with van der Waals surface area (Å²) >= 11 is 0. The number of methoxy groups -OCH3 is 2. The Morgan fingerprint density at radius 3 is 2.56 bits per heavy atom. The molecular weight excluding hydrogens is 419 g/mol. The molecule has 2 aromatic rings. The Morgan fingerprint density at radius 2 is 1.88 bits per heavy atom.